The molecule has 0 aromatic rings. The Labute approximate surface area is 142 Å². The highest BCUT2D eigenvalue weighted by atomic mass is 16.2. The molecule has 0 atom stereocenters. The largest absolute Gasteiger partial charge is 0.356 e. The van der Waals surface area contributed by atoms with E-state index in [9.17, 15) is 9.59 Å². The molecule has 0 saturated heterocycles. The molecule has 0 aromatic carbocycles. The number of carbonyl (C=O) groups is 2. The minimum Gasteiger partial charge on any atom is -0.356 e. The fourth-order valence-corrected chi connectivity index (χ4v) is 2.23. The third kappa shape index (κ3) is 17.1. The van der Waals surface area contributed by atoms with E-state index in [1.165, 1.54) is 0 Å². The van der Waals surface area contributed by atoms with Crippen molar-refractivity contribution in [2.24, 2.45) is 5.92 Å². The van der Waals surface area contributed by atoms with Gasteiger partial charge in [-0.3, -0.25) is 9.59 Å². The summed E-state index contributed by atoms with van der Waals surface area (Å²) in [6.07, 6.45) is 6.21. The molecule has 0 bridgehead atoms. The van der Waals surface area contributed by atoms with Gasteiger partial charge in [0.2, 0.25) is 11.8 Å². The maximum atomic E-state index is 11.6. The number of hydrogen-bond donors (Lipinski definition) is 3. The fraction of sp³-hybridized carbons (Fsp3) is 0.889. The highest BCUT2D eigenvalue weighted by Gasteiger charge is 2.04. The Morgan fingerprint density at radius 2 is 1.35 bits per heavy atom. The first-order valence-electron chi connectivity index (χ1n) is 9.18. The van der Waals surface area contributed by atoms with Crippen molar-refractivity contribution in [2.45, 2.75) is 78.7 Å². The van der Waals surface area contributed by atoms with Gasteiger partial charge in [-0.2, -0.15) is 0 Å². The molecule has 0 rings (SSSR count). The number of unbranched alkanes of at least 4 members (excludes halogenated alkanes) is 3. The summed E-state index contributed by atoms with van der Waals surface area (Å²) in [5, 5.41) is 9.22. The second kappa shape index (κ2) is 14.5. The maximum Gasteiger partial charge on any atom is 0.220 e. The Kier molecular flexibility index (Phi) is 13.8. The van der Waals surface area contributed by atoms with Crippen LogP contribution in [-0.4, -0.2) is 37.5 Å². The van der Waals surface area contributed by atoms with Crippen molar-refractivity contribution in [3.05, 3.63) is 0 Å². The summed E-state index contributed by atoms with van der Waals surface area (Å²) >= 11 is 0. The second-order valence-corrected chi connectivity index (χ2v) is 6.92. The molecule has 0 spiro atoms. The Bertz CT molecular complexity index is 317. The smallest absolute Gasteiger partial charge is 0.220 e. The highest BCUT2D eigenvalue weighted by Crippen LogP contribution is 2.03. The van der Waals surface area contributed by atoms with E-state index in [0.717, 1.165) is 51.7 Å². The first-order chi connectivity index (χ1) is 10.9. The lowest BCUT2D eigenvalue weighted by Crippen LogP contribution is -2.29. The average molecular weight is 328 g/mol. The summed E-state index contributed by atoms with van der Waals surface area (Å²) < 4.78 is 0. The van der Waals surface area contributed by atoms with E-state index in [1.54, 1.807) is 0 Å². The standard InChI is InChI=1S/C18H37N3O2/c1-15(2)14-18(23)21-11-8-6-5-7-10-17(22)20-13-9-12-19-16(3)4/h15-16,19H,5-14H2,1-4H3,(H,20,22)(H,21,23). The summed E-state index contributed by atoms with van der Waals surface area (Å²) in [6, 6.07) is 0.501. The zero-order valence-corrected chi connectivity index (χ0v) is 15.5. The van der Waals surface area contributed by atoms with Crippen LogP contribution < -0.4 is 16.0 Å². The third-order valence-corrected chi connectivity index (χ3v) is 3.47. The number of amides is 2. The maximum absolute atomic E-state index is 11.6. The van der Waals surface area contributed by atoms with Gasteiger partial charge in [0, 0.05) is 32.0 Å². The lowest BCUT2D eigenvalue weighted by Gasteiger charge is -2.09. The fourth-order valence-electron chi connectivity index (χ4n) is 2.23. The molecule has 5 nitrogen and oxygen atoms in total. The quantitative estimate of drug-likeness (QED) is 0.430. The molecule has 0 aliphatic carbocycles. The summed E-state index contributed by atoms with van der Waals surface area (Å²) in [5.41, 5.74) is 0. The van der Waals surface area contributed by atoms with Gasteiger partial charge in [-0.25, -0.2) is 0 Å². The average Bonchev–Trinajstić information content (AvgIpc) is 2.44. The molecule has 136 valence electrons. The van der Waals surface area contributed by atoms with Crippen molar-refractivity contribution in [3.63, 3.8) is 0 Å². The summed E-state index contributed by atoms with van der Waals surface area (Å²) in [6.45, 7) is 10.8. The SMILES string of the molecule is CC(C)CC(=O)NCCCCCCC(=O)NCCCNC(C)C. The predicted octanol–water partition coefficient (Wildman–Crippen LogP) is 2.60. The minimum atomic E-state index is 0.145. The van der Waals surface area contributed by atoms with Crippen LogP contribution in [0.15, 0.2) is 0 Å². The van der Waals surface area contributed by atoms with Gasteiger partial charge in [-0.05, 0) is 31.7 Å². The van der Waals surface area contributed by atoms with Crippen molar-refractivity contribution in [3.8, 4) is 0 Å². The summed E-state index contributed by atoms with van der Waals surface area (Å²) in [5.74, 6) is 0.709. The Morgan fingerprint density at radius 1 is 0.739 bits per heavy atom. The van der Waals surface area contributed by atoms with E-state index in [0.29, 0.717) is 24.8 Å². The zero-order chi connectivity index (χ0) is 17.5. The van der Waals surface area contributed by atoms with Crippen LogP contribution in [0.2, 0.25) is 0 Å². The third-order valence-electron chi connectivity index (χ3n) is 3.47. The van der Waals surface area contributed by atoms with Gasteiger partial charge in [-0.1, -0.05) is 40.5 Å². The molecule has 0 unspecified atom stereocenters. The van der Waals surface area contributed by atoms with Gasteiger partial charge in [0.15, 0.2) is 0 Å². The van der Waals surface area contributed by atoms with Crippen molar-refractivity contribution in [2.75, 3.05) is 19.6 Å². The van der Waals surface area contributed by atoms with Crippen molar-refractivity contribution in [1.29, 1.82) is 0 Å². The molecule has 3 N–H and O–H groups in total. The van der Waals surface area contributed by atoms with Crippen LogP contribution in [0, 0.1) is 5.92 Å². The first-order valence-corrected chi connectivity index (χ1v) is 9.18. The Morgan fingerprint density at radius 3 is 2.00 bits per heavy atom. The van der Waals surface area contributed by atoms with Gasteiger partial charge >= 0.3 is 0 Å². The number of rotatable bonds is 14. The van der Waals surface area contributed by atoms with E-state index in [2.05, 4.69) is 29.8 Å². The Balaban J connectivity index is 3.31. The minimum absolute atomic E-state index is 0.145. The van der Waals surface area contributed by atoms with Crippen molar-refractivity contribution >= 4 is 11.8 Å². The molecule has 23 heavy (non-hydrogen) atoms. The number of nitrogens with one attached hydrogen (secondary N) is 3. The second-order valence-electron chi connectivity index (χ2n) is 6.92. The van der Waals surface area contributed by atoms with Crippen LogP contribution >= 0.6 is 0 Å². The van der Waals surface area contributed by atoms with Crippen molar-refractivity contribution < 1.29 is 9.59 Å². The number of carbonyl (C=O) groups excluding carboxylic acids is 2. The molecule has 0 radical (unpaired) electrons. The van der Waals surface area contributed by atoms with Crippen molar-refractivity contribution in [1.82, 2.24) is 16.0 Å². The molecule has 0 fully saturated rings. The zero-order valence-electron chi connectivity index (χ0n) is 15.5. The predicted molar refractivity (Wildman–Crippen MR) is 96.3 cm³/mol. The van der Waals surface area contributed by atoms with E-state index in [-0.39, 0.29) is 11.8 Å². The van der Waals surface area contributed by atoms with Crippen LogP contribution in [0.5, 0.6) is 0 Å². The lowest BCUT2D eigenvalue weighted by molar-refractivity contribution is -0.122. The van der Waals surface area contributed by atoms with Gasteiger partial charge < -0.3 is 16.0 Å². The van der Waals surface area contributed by atoms with Crippen LogP contribution in [0.1, 0.15) is 72.6 Å². The van der Waals surface area contributed by atoms with Crippen LogP contribution in [0.25, 0.3) is 0 Å². The molecular formula is C18H37N3O2. The van der Waals surface area contributed by atoms with Crippen LogP contribution in [0.3, 0.4) is 0 Å². The molecule has 0 saturated carbocycles. The van der Waals surface area contributed by atoms with Crippen LogP contribution in [0.4, 0.5) is 0 Å². The number of hydrogen-bond acceptors (Lipinski definition) is 3. The molecule has 5 heteroatoms. The van der Waals surface area contributed by atoms with E-state index >= 15 is 0 Å². The Hall–Kier alpha value is -1.10. The highest BCUT2D eigenvalue weighted by molar-refractivity contribution is 5.76. The summed E-state index contributed by atoms with van der Waals surface area (Å²) in [7, 11) is 0. The van der Waals surface area contributed by atoms with Gasteiger partial charge in [0.05, 0.1) is 0 Å². The van der Waals surface area contributed by atoms with Crippen LogP contribution in [-0.2, 0) is 9.59 Å². The van der Waals surface area contributed by atoms with E-state index in [4.69, 9.17) is 0 Å². The molecule has 0 aliphatic heterocycles. The monoisotopic (exact) mass is 327 g/mol. The van der Waals surface area contributed by atoms with E-state index in [1.807, 2.05) is 13.8 Å². The summed E-state index contributed by atoms with van der Waals surface area (Å²) in [4.78, 5) is 23.1. The van der Waals surface area contributed by atoms with E-state index < -0.39 is 0 Å². The topological polar surface area (TPSA) is 70.2 Å². The molecule has 0 aliphatic rings. The first kappa shape index (κ1) is 21.9. The normalized spacial score (nSPS) is 11.0. The molecular weight excluding hydrogens is 290 g/mol. The van der Waals surface area contributed by atoms with Gasteiger partial charge in [0.25, 0.3) is 0 Å². The molecule has 0 heterocycles. The van der Waals surface area contributed by atoms with Gasteiger partial charge in [0.1, 0.15) is 0 Å². The molecule has 0 aromatic heterocycles. The molecule has 2 amide bonds. The van der Waals surface area contributed by atoms with Gasteiger partial charge in [-0.15, -0.1) is 0 Å². The lowest BCUT2D eigenvalue weighted by atomic mass is 10.1.